The molecule has 0 saturated carbocycles. The fraction of sp³-hybridized carbons (Fsp3) is 0.250. The third-order valence-corrected chi connectivity index (χ3v) is 1.86. The van der Waals surface area contributed by atoms with Crippen LogP contribution in [0.4, 0.5) is 0 Å². The molecule has 0 fully saturated rings. The summed E-state index contributed by atoms with van der Waals surface area (Å²) < 4.78 is 0. The molecular formula is C8H9N3. The molecule has 0 aromatic carbocycles. The van der Waals surface area contributed by atoms with E-state index in [1.54, 1.807) is 6.33 Å². The average molecular weight is 147 g/mol. The summed E-state index contributed by atoms with van der Waals surface area (Å²) in [5, 5.41) is 1.15. The van der Waals surface area contributed by atoms with Crippen LogP contribution < -0.4 is 0 Å². The average Bonchev–Trinajstić information content (AvgIpc) is 2.34. The van der Waals surface area contributed by atoms with Gasteiger partial charge in [0.2, 0.25) is 0 Å². The summed E-state index contributed by atoms with van der Waals surface area (Å²) in [4.78, 5) is 11.3. The maximum Gasteiger partial charge on any atom is 0.141 e. The van der Waals surface area contributed by atoms with Crippen molar-refractivity contribution >= 4 is 11.0 Å². The Morgan fingerprint density at radius 2 is 2.09 bits per heavy atom. The standard InChI is InChI=1S/C8H9N3/c1-5-3-9-8-7(5)6(2)10-4-11-8/h3-4H,1-2H3,(H,9,10,11). The smallest absolute Gasteiger partial charge is 0.141 e. The third-order valence-electron chi connectivity index (χ3n) is 1.86. The number of aromatic nitrogens is 3. The zero-order valence-corrected chi connectivity index (χ0v) is 6.55. The summed E-state index contributed by atoms with van der Waals surface area (Å²) in [7, 11) is 0. The van der Waals surface area contributed by atoms with Gasteiger partial charge in [-0.1, -0.05) is 0 Å². The molecule has 2 aromatic heterocycles. The Bertz CT molecular complexity index is 389. The molecule has 56 valence electrons. The summed E-state index contributed by atoms with van der Waals surface area (Å²) in [5.41, 5.74) is 3.17. The van der Waals surface area contributed by atoms with Gasteiger partial charge in [-0.05, 0) is 19.4 Å². The van der Waals surface area contributed by atoms with E-state index in [-0.39, 0.29) is 0 Å². The molecule has 2 aromatic rings. The number of fused-ring (bicyclic) bond motifs is 1. The van der Waals surface area contributed by atoms with E-state index in [2.05, 4.69) is 21.9 Å². The van der Waals surface area contributed by atoms with Crippen molar-refractivity contribution in [1.29, 1.82) is 0 Å². The van der Waals surface area contributed by atoms with Crippen molar-refractivity contribution in [2.45, 2.75) is 13.8 Å². The van der Waals surface area contributed by atoms with Crippen LogP contribution in [0.25, 0.3) is 11.0 Å². The lowest BCUT2D eigenvalue weighted by molar-refractivity contribution is 1.14. The van der Waals surface area contributed by atoms with Crippen LogP contribution in [0.5, 0.6) is 0 Å². The lowest BCUT2D eigenvalue weighted by atomic mass is 10.2. The topological polar surface area (TPSA) is 41.6 Å². The molecule has 2 heterocycles. The maximum atomic E-state index is 4.11. The van der Waals surface area contributed by atoms with Gasteiger partial charge in [0, 0.05) is 11.6 Å². The highest BCUT2D eigenvalue weighted by Crippen LogP contribution is 2.16. The van der Waals surface area contributed by atoms with Gasteiger partial charge in [0.15, 0.2) is 0 Å². The van der Waals surface area contributed by atoms with Crippen molar-refractivity contribution in [3.63, 3.8) is 0 Å². The number of hydrogen-bond donors (Lipinski definition) is 1. The number of H-pyrrole nitrogens is 1. The summed E-state index contributed by atoms with van der Waals surface area (Å²) >= 11 is 0. The molecule has 0 aliphatic rings. The molecule has 0 atom stereocenters. The maximum absolute atomic E-state index is 4.11. The fourth-order valence-corrected chi connectivity index (χ4v) is 1.30. The van der Waals surface area contributed by atoms with Gasteiger partial charge in [-0.25, -0.2) is 9.97 Å². The van der Waals surface area contributed by atoms with Gasteiger partial charge in [-0.15, -0.1) is 0 Å². The van der Waals surface area contributed by atoms with Gasteiger partial charge in [-0.3, -0.25) is 0 Å². The van der Waals surface area contributed by atoms with Crippen LogP contribution in [0.3, 0.4) is 0 Å². The first kappa shape index (κ1) is 6.34. The highest BCUT2D eigenvalue weighted by atomic mass is 14.9. The van der Waals surface area contributed by atoms with Crippen molar-refractivity contribution in [1.82, 2.24) is 15.0 Å². The molecule has 3 nitrogen and oxygen atoms in total. The van der Waals surface area contributed by atoms with Crippen LogP contribution in [0.15, 0.2) is 12.5 Å². The molecule has 0 aliphatic heterocycles. The van der Waals surface area contributed by atoms with E-state index in [4.69, 9.17) is 0 Å². The fourth-order valence-electron chi connectivity index (χ4n) is 1.30. The molecule has 0 aliphatic carbocycles. The second kappa shape index (κ2) is 2.05. The van der Waals surface area contributed by atoms with Gasteiger partial charge in [-0.2, -0.15) is 0 Å². The van der Waals surface area contributed by atoms with Crippen molar-refractivity contribution < 1.29 is 0 Å². The summed E-state index contributed by atoms with van der Waals surface area (Å²) in [6.45, 7) is 4.04. The first-order valence-electron chi connectivity index (χ1n) is 3.54. The summed E-state index contributed by atoms with van der Waals surface area (Å²) in [6.07, 6.45) is 3.53. The molecule has 2 rings (SSSR count). The Balaban J connectivity index is 2.96. The minimum Gasteiger partial charge on any atom is -0.346 e. The first-order chi connectivity index (χ1) is 5.29. The number of nitrogens with one attached hydrogen (secondary N) is 1. The predicted molar refractivity (Wildman–Crippen MR) is 43.4 cm³/mol. The molecule has 0 amide bonds. The van der Waals surface area contributed by atoms with Crippen LogP contribution in [0, 0.1) is 13.8 Å². The van der Waals surface area contributed by atoms with Gasteiger partial charge in [0.05, 0.1) is 5.69 Å². The second-order valence-electron chi connectivity index (χ2n) is 2.65. The minimum absolute atomic E-state index is 0.926. The molecule has 11 heavy (non-hydrogen) atoms. The Morgan fingerprint density at radius 1 is 1.27 bits per heavy atom. The van der Waals surface area contributed by atoms with E-state index in [0.29, 0.717) is 0 Å². The number of hydrogen-bond acceptors (Lipinski definition) is 2. The number of rotatable bonds is 0. The monoisotopic (exact) mass is 147 g/mol. The molecule has 0 saturated heterocycles. The molecule has 1 N–H and O–H groups in total. The van der Waals surface area contributed by atoms with Crippen LogP contribution in [0.1, 0.15) is 11.3 Å². The Morgan fingerprint density at radius 3 is 2.82 bits per heavy atom. The number of aryl methyl sites for hydroxylation is 2. The van der Waals surface area contributed by atoms with Crippen molar-refractivity contribution in [3.05, 3.63) is 23.8 Å². The van der Waals surface area contributed by atoms with Gasteiger partial charge in [0.25, 0.3) is 0 Å². The molecule has 0 unspecified atom stereocenters. The summed E-state index contributed by atoms with van der Waals surface area (Å²) in [6, 6.07) is 0. The number of aromatic amines is 1. The highest BCUT2D eigenvalue weighted by Gasteiger charge is 2.02. The van der Waals surface area contributed by atoms with Crippen molar-refractivity contribution in [3.8, 4) is 0 Å². The molecule has 0 radical (unpaired) electrons. The largest absolute Gasteiger partial charge is 0.346 e. The Kier molecular flexibility index (Phi) is 1.18. The van der Waals surface area contributed by atoms with Crippen molar-refractivity contribution in [2.75, 3.05) is 0 Å². The van der Waals surface area contributed by atoms with E-state index in [0.717, 1.165) is 16.7 Å². The van der Waals surface area contributed by atoms with Crippen molar-refractivity contribution in [2.24, 2.45) is 0 Å². The molecule has 0 spiro atoms. The van der Waals surface area contributed by atoms with Gasteiger partial charge < -0.3 is 4.98 Å². The molecule has 0 bridgehead atoms. The van der Waals surface area contributed by atoms with Crippen LogP contribution in [-0.4, -0.2) is 15.0 Å². The minimum atomic E-state index is 0.926. The zero-order chi connectivity index (χ0) is 7.84. The van der Waals surface area contributed by atoms with Gasteiger partial charge in [0.1, 0.15) is 12.0 Å². The zero-order valence-electron chi connectivity index (χ0n) is 6.55. The predicted octanol–water partition coefficient (Wildman–Crippen LogP) is 1.57. The van der Waals surface area contributed by atoms with E-state index in [9.17, 15) is 0 Å². The van der Waals surface area contributed by atoms with Crippen LogP contribution in [0.2, 0.25) is 0 Å². The van der Waals surface area contributed by atoms with E-state index >= 15 is 0 Å². The van der Waals surface area contributed by atoms with E-state index in [1.807, 2.05) is 13.1 Å². The van der Waals surface area contributed by atoms with Crippen LogP contribution >= 0.6 is 0 Å². The van der Waals surface area contributed by atoms with Crippen LogP contribution in [-0.2, 0) is 0 Å². The van der Waals surface area contributed by atoms with E-state index in [1.165, 1.54) is 5.56 Å². The quantitative estimate of drug-likeness (QED) is 0.614. The lowest BCUT2D eigenvalue weighted by Crippen LogP contribution is -1.84. The Hall–Kier alpha value is -1.38. The molecular weight excluding hydrogens is 138 g/mol. The highest BCUT2D eigenvalue weighted by molar-refractivity contribution is 5.81. The SMILES string of the molecule is Cc1c[nH]c2ncnc(C)c12. The number of nitrogens with zero attached hydrogens (tertiary/aromatic N) is 2. The second-order valence-corrected chi connectivity index (χ2v) is 2.65. The van der Waals surface area contributed by atoms with Gasteiger partial charge >= 0.3 is 0 Å². The van der Waals surface area contributed by atoms with E-state index < -0.39 is 0 Å². The Labute approximate surface area is 64.5 Å². The third kappa shape index (κ3) is 0.808. The lowest BCUT2D eigenvalue weighted by Gasteiger charge is -1.93. The molecule has 3 heteroatoms. The normalized spacial score (nSPS) is 10.7. The summed E-state index contributed by atoms with van der Waals surface area (Å²) in [5.74, 6) is 0. The first-order valence-corrected chi connectivity index (χ1v) is 3.54.